The van der Waals surface area contributed by atoms with Crippen molar-refractivity contribution in [1.29, 1.82) is 5.26 Å². The molecule has 94 valence electrons. The van der Waals surface area contributed by atoms with Crippen molar-refractivity contribution in [2.75, 3.05) is 6.61 Å². The predicted molar refractivity (Wildman–Crippen MR) is 58.1 cm³/mol. The van der Waals surface area contributed by atoms with E-state index in [1.54, 1.807) is 13.0 Å². The van der Waals surface area contributed by atoms with Crippen molar-refractivity contribution in [2.45, 2.75) is 13.3 Å². The van der Waals surface area contributed by atoms with E-state index in [1.165, 1.54) is 0 Å². The standard InChI is InChI=1S/C11H9FN2O4/c1-2-18-11(15)4-7-3-8(6-13)9(12)5-10(7)14(16)17/h3,5H,2,4H2,1H3. The molecule has 0 atom stereocenters. The van der Waals surface area contributed by atoms with Crippen molar-refractivity contribution in [2.24, 2.45) is 0 Å². The van der Waals surface area contributed by atoms with Crippen molar-refractivity contribution < 1.29 is 18.8 Å². The quantitative estimate of drug-likeness (QED) is 0.462. The normalized spacial score (nSPS) is 9.61. The number of rotatable bonds is 4. The number of carbonyl (C=O) groups is 1. The fraction of sp³-hybridized carbons (Fsp3) is 0.273. The Kier molecular flexibility index (Phi) is 4.32. The van der Waals surface area contributed by atoms with Crippen LogP contribution in [0.25, 0.3) is 0 Å². The van der Waals surface area contributed by atoms with E-state index in [-0.39, 0.29) is 24.2 Å². The minimum absolute atomic E-state index is 0.0450. The maximum atomic E-state index is 13.2. The van der Waals surface area contributed by atoms with Gasteiger partial charge in [0.25, 0.3) is 5.69 Å². The second kappa shape index (κ2) is 5.72. The number of hydrogen-bond acceptors (Lipinski definition) is 5. The summed E-state index contributed by atoms with van der Waals surface area (Å²) in [7, 11) is 0. The van der Waals surface area contributed by atoms with E-state index >= 15 is 0 Å². The lowest BCUT2D eigenvalue weighted by molar-refractivity contribution is -0.385. The SMILES string of the molecule is CCOC(=O)Cc1cc(C#N)c(F)cc1[N+](=O)[O-]. The lowest BCUT2D eigenvalue weighted by Crippen LogP contribution is -2.10. The van der Waals surface area contributed by atoms with Crippen LogP contribution in [0.1, 0.15) is 18.1 Å². The highest BCUT2D eigenvalue weighted by molar-refractivity contribution is 5.74. The topological polar surface area (TPSA) is 93.2 Å². The molecule has 0 saturated heterocycles. The van der Waals surface area contributed by atoms with Gasteiger partial charge in [0.1, 0.15) is 11.9 Å². The maximum absolute atomic E-state index is 13.2. The molecule has 0 amide bonds. The van der Waals surface area contributed by atoms with Crippen LogP contribution < -0.4 is 0 Å². The van der Waals surface area contributed by atoms with Crippen LogP contribution in [0.3, 0.4) is 0 Å². The Morgan fingerprint density at radius 3 is 2.78 bits per heavy atom. The molecule has 0 aliphatic rings. The molecule has 0 aliphatic heterocycles. The Hall–Kier alpha value is -2.49. The van der Waals surface area contributed by atoms with Gasteiger partial charge in [0.15, 0.2) is 0 Å². The molecule has 0 unspecified atom stereocenters. The molecule has 0 radical (unpaired) electrons. The van der Waals surface area contributed by atoms with Crippen LogP contribution >= 0.6 is 0 Å². The predicted octanol–water partition coefficient (Wildman–Crippen LogP) is 1.71. The number of nitriles is 1. The van der Waals surface area contributed by atoms with E-state index in [1.807, 2.05) is 0 Å². The van der Waals surface area contributed by atoms with Gasteiger partial charge in [0, 0.05) is 5.56 Å². The lowest BCUT2D eigenvalue weighted by Gasteiger charge is -2.04. The van der Waals surface area contributed by atoms with E-state index in [2.05, 4.69) is 4.74 Å². The van der Waals surface area contributed by atoms with Gasteiger partial charge in [-0.05, 0) is 13.0 Å². The lowest BCUT2D eigenvalue weighted by atomic mass is 10.1. The summed E-state index contributed by atoms with van der Waals surface area (Å²) >= 11 is 0. The minimum atomic E-state index is -0.989. The highest BCUT2D eigenvalue weighted by atomic mass is 19.1. The first kappa shape index (κ1) is 13.6. The van der Waals surface area contributed by atoms with Gasteiger partial charge in [0.05, 0.1) is 29.6 Å². The summed E-state index contributed by atoms with van der Waals surface area (Å²) in [6, 6.07) is 3.18. The Balaban J connectivity index is 3.19. The fourth-order valence-electron chi connectivity index (χ4n) is 1.37. The molecule has 18 heavy (non-hydrogen) atoms. The van der Waals surface area contributed by atoms with Crippen LogP contribution in [-0.2, 0) is 16.0 Å². The van der Waals surface area contributed by atoms with Crippen molar-refractivity contribution in [3.05, 3.63) is 39.2 Å². The largest absolute Gasteiger partial charge is 0.466 e. The first-order valence-electron chi connectivity index (χ1n) is 5.02. The molecule has 7 heteroatoms. The van der Waals surface area contributed by atoms with E-state index in [9.17, 15) is 19.3 Å². The first-order chi connectivity index (χ1) is 8.49. The van der Waals surface area contributed by atoms with Crippen molar-refractivity contribution >= 4 is 11.7 Å². The third kappa shape index (κ3) is 3.01. The van der Waals surface area contributed by atoms with Gasteiger partial charge in [0.2, 0.25) is 0 Å². The fourth-order valence-corrected chi connectivity index (χ4v) is 1.37. The number of benzene rings is 1. The number of hydrogen-bond donors (Lipinski definition) is 0. The number of nitro benzene ring substituents is 1. The molecule has 1 aromatic carbocycles. The van der Waals surface area contributed by atoms with Crippen molar-refractivity contribution in [1.82, 2.24) is 0 Å². The Morgan fingerprint density at radius 2 is 2.28 bits per heavy atom. The van der Waals surface area contributed by atoms with Crippen LogP contribution in [-0.4, -0.2) is 17.5 Å². The second-order valence-corrected chi connectivity index (χ2v) is 3.31. The summed E-state index contributed by atoms with van der Waals surface area (Å²) in [5.41, 5.74) is -0.934. The number of esters is 1. The number of carbonyl (C=O) groups excluding carboxylic acids is 1. The molecule has 0 spiro atoms. The molecule has 1 aromatic rings. The smallest absolute Gasteiger partial charge is 0.310 e. The molecule has 0 fully saturated rings. The highest BCUT2D eigenvalue weighted by Gasteiger charge is 2.20. The monoisotopic (exact) mass is 252 g/mol. The zero-order valence-corrected chi connectivity index (χ0v) is 9.47. The summed E-state index contributed by atoms with van der Waals surface area (Å²) in [6.07, 6.45) is -0.376. The summed E-state index contributed by atoms with van der Waals surface area (Å²) in [4.78, 5) is 21.2. The van der Waals surface area contributed by atoms with E-state index in [4.69, 9.17) is 5.26 Å². The molecule has 6 nitrogen and oxygen atoms in total. The molecule has 0 aliphatic carbocycles. The number of ether oxygens (including phenoxy) is 1. The van der Waals surface area contributed by atoms with Crippen LogP contribution in [0.5, 0.6) is 0 Å². The minimum Gasteiger partial charge on any atom is -0.466 e. The zero-order valence-electron chi connectivity index (χ0n) is 9.47. The average molecular weight is 252 g/mol. The first-order valence-corrected chi connectivity index (χ1v) is 5.02. The number of nitrogens with zero attached hydrogens (tertiary/aromatic N) is 2. The molecular weight excluding hydrogens is 243 g/mol. The highest BCUT2D eigenvalue weighted by Crippen LogP contribution is 2.23. The summed E-state index contributed by atoms with van der Waals surface area (Å²) < 4.78 is 17.9. The summed E-state index contributed by atoms with van der Waals surface area (Å²) in [5.74, 6) is -1.66. The van der Waals surface area contributed by atoms with Crippen LogP contribution in [0.15, 0.2) is 12.1 Å². The summed E-state index contributed by atoms with van der Waals surface area (Å²) in [6.45, 7) is 1.73. The Labute approximate surface area is 102 Å². The Morgan fingerprint density at radius 1 is 1.61 bits per heavy atom. The van der Waals surface area contributed by atoms with Gasteiger partial charge >= 0.3 is 5.97 Å². The number of nitro groups is 1. The van der Waals surface area contributed by atoms with Gasteiger partial charge < -0.3 is 4.74 Å². The van der Waals surface area contributed by atoms with Gasteiger partial charge in [-0.3, -0.25) is 14.9 Å². The molecule has 0 aromatic heterocycles. The Bertz CT molecular complexity index is 537. The van der Waals surface area contributed by atoms with Crippen LogP contribution in [0.2, 0.25) is 0 Å². The van der Waals surface area contributed by atoms with Gasteiger partial charge in [-0.2, -0.15) is 5.26 Å². The third-order valence-corrected chi connectivity index (χ3v) is 2.13. The number of halogens is 1. The van der Waals surface area contributed by atoms with E-state index < -0.39 is 22.4 Å². The van der Waals surface area contributed by atoms with Crippen molar-refractivity contribution in [3.63, 3.8) is 0 Å². The zero-order chi connectivity index (χ0) is 13.7. The van der Waals surface area contributed by atoms with E-state index in [0.29, 0.717) is 6.07 Å². The molecule has 0 saturated carbocycles. The molecule has 0 heterocycles. The third-order valence-electron chi connectivity index (χ3n) is 2.13. The van der Waals surface area contributed by atoms with Gasteiger partial charge in [-0.1, -0.05) is 0 Å². The maximum Gasteiger partial charge on any atom is 0.310 e. The summed E-state index contributed by atoms with van der Waals surface area (Å²) in [5, 5.41) is 19.4. The molecular formula is C11H9FN2O4. The van der Waals surface area contributed by atoms with Gasteiger partial charge in [-0.15, -0.1) is 0 Å². The average Bonchev–Trinajstić information content (AvgIpc) is 2.30. The molecule has 0 N–H and O–H groups in total. The van der Waals surface area contributed by atoms with Crippen molar-refractivity contribution in [3.8, 4) is 6.07 Å². The van der Waals surface area contributed by atoms with Crippen LogP contribution in [0, 0.1) is 27.3 Å². The van der Waals surface area contributed by atoms with E-state index in [0.717, 1.165) is 6.07 Å². The van der Waals surface area contributed by atoms with Crippen LogP contribution in [0.4, 0.5) is 10.1 Å². The molecule has 0 bridgehead atoms. The van der Waals surface area contributed by atoms with Gasteiger partial charge in [-0.25, -0.2) is 4.39 Å². The second-order valence-electron chi connectivity index (χ2n) is 3.31. The molecule has 1 rings (SSSR count).